The fourth-order valence-electron chi connectivity index (χ4n) is 2.43. The van der Waals surface area contributed by atoms with Gasteiger partial charge in [0.1, 0.15) is 0 Å². The molecule has 21 heavy (non-hydrogen) atoms. The Kier molecular flexibility index (Phi) is 3.99. The molecule has 4 nitrogen and oxygen atoms in total. The second kappa shape index (κ2) is 6.08. The van der Waals surface area contributed by atoms with E-state index in [-0.39, 0.29) is 12.3 Å². The summed E-state index contributed by atoms with van der Waals surface area (Å²) in [5, 5.41) is 0. The van der Waals surface area contributed by atoms with Crippen molar-refractivity contribution in [2.75, 3.05) is 20.3 Å². The molecule has 1 heterocycles. The van der Waals surface area contributed by atoms with Crippen molar-refractivity contribution in [3.63, 3.8) is 0 Å². The van der Waals surface area contributed by atoms with Gasteiger partial charge in [0.2, 0.25) is 0 Å². The summed E-state index contributed by atoms with van der Waals surface area (Å²) in [6.07, 6.45) is -0.344. The Hall–Kier alpha value is -2.17. The van der Waals surface area contributed by atoms with Crippen LogP contribution in [0.15, 0.2) is 48.5 Å². The molecule has 1 fully saturated rings. The Morgan fingerprint density at radius 3 is 2.62 bits per heavy atom. The standard InChI is InChI=1S/C17H16O4/c1-19-16(18)13-6-4-5-12(11-13)14-7-2-3-8-15(14)17-20-9-10-21-17/h2-8,11,17H,9-10H2,1H3. The molecule has 0 atom stereocenters. The molecule has 1 aliphatic heterocycles. The van der Waals surface area contributed by atoms with Gasteiger partial charge in [-0.25, -0.2) is 4.79 Å². The number of methoxy groups -OCH3 is 1. The van der Waals surface area contributed by atoms with Crippen molar-refractivity contribution in [3.05, 3.63) is 59.7 Å². The molecule has 0 unspecified atom stereocenters. The predicted octanol–water partition coefficient (Wildman–Crippen LogP) is 3.19. The molecular formula is C17H16O4. The van der Waals surface area contributed by atoms with Crippen molar-refractivity contribution in [3.8, 4) is 11.1 Å². The Morgan fingerprint density at radius 2 is 1.86 bits per heavy atom. The summed E-state index contributed by atoms with van der Waals surface area (Å²) in [5.74, 6) is -0.345. The highest BCUT2D eigenvalue weighted by atomic mass is 16.7. The van der Waals surface area contributed by atoms with Gasteiger partial charge in [0.25, 0.3) is 0 Å². The molecule has 2 aromatic carbocycles. The van der Waals surface area contributed by atoms with Gasteiger partial charge in [-0.3, -0.25) is 0 Å². The first-order valence-electron chi connectivity index (χ1n) is 6.80. The van der Waals surface area contributed by atoms with Gasteiger partial charge >= 0.3 is 5.97 Å². The molecular weight excluding hydrogens is 268 g/mol. The second-order valence-corrected chi connectivity index (χ2v) is 4.73. The van der Waals surface area contributed by atoms with Crippen LogP contribution in [-0.4, -0.2) is 26.3 Å². The first-order chi connectivity index (χ1) is 10.3. The molecule has 0 aliphatic carbocycles. The van der Waals surface area contributed by atoms with Gasteiger partial charge in [-0.15, -0.1) is 0 Å². The van der Waals surface area contributed by atoms with Gasteiger partial charge in [-0.05, 0) is 23.3 Å². The van der Waals surface area contributed by atoms with E-state index >= 15 is 0 Å². The van der Waals surface area contributed by atoms with Gasteiger partial charge in [0, 0.05) is 5.56 Å². The summed E-state index contributed by atoms with van der Waals surface area (Å²) >= 11 is 0. The second-order valence-electron chi connectivity index (χ2n) is 4.73. The molecule has 1 saturated heterocycles. The van der Waals surface area contributed by atoms with Crippen LogP contribution >= 0.6 is 0 Å². The van der Waals surface area contributed by atoms with E-state index in [9.17, 15) is 4.79 Å². The molecule has 2 aromatic rings. The monoisotopic (exact) mass is 284 g/mol. The predicted molar refractivity (Wildman–Crippen MR) is 77.9 cm³/mol. The van der Waals surface area contributed by atoms with Gasteiger partial charge in [0.15, 0.2) is 6.29 Å². The summed E-state index contributed by atoms with van der Waals surface area (Å²) in [7, 11) is 1.38. The zero-order valence-electron chi connectivity index (χ0n) is 11.7. The number of esters is 1. The lowest BCUT2D eigenvalue weighted by atomic mass is 9.98. The molecule has 4 heteroatoms. The lowest BCUT2D eigenvalue weighted by molar-refractivity contribution is -0.0436. The van der Waals surface area contributed by atoms with E-state index in [4.69, 9.17) is 14.2 Å². The fraction of sp³-hybridized carbons (Fsp3) is 0.235. The summed E-state index contributed by atoms with van der Waals surface area (Å²) < 4.78 is 15.9. The van der Waals surface area contributed by atoms with E-state index in [1.54, 1.807) is 6.07 Å². The van der Waals surface area contributed by atoms with Crippen molar-refractivity contribution in [2.24, 2.45) is 0 Å². The molecule has 0 aromatic heterocycles. The van der Waals surface area contributed by atoms with Gasteiger partial charge < -0.3 is 14.2 Å². The van der Waals surface area contributed by atoms with E-state index in [1.807, 2.05) is 42.5 Å². The SMILES string of the molecule is COC(=O)c1cccc(-c2ccccc2C2OCCO2)c1. The van der Waals surface area contributed by atoms with E-state index in [0.717, 1.165) is 16.7 Å². The highest BCUT2D eigenvalue weighted by Gasteiger charge is 2.21. The maximum absolute atomic E-state index is 11.7. The quantitative estimate of drug-likeness (QED) is 0.812. The topological polar surface area (TPSA) is 44.8 Å². The Balaban J connectivity index is 2.02. The Morgan fingerprint density at radius 1 is 1.10 bits per heavy atom. The average molecular weight is 284 g/mol. The van der Waals surface area contributed by atoms with Crippen molar-refractivity contribution >= 4 is 5.97 Å². The first-order valence-corrected chi connectivity index (χ1v) is 6.80. The largest absolute Gasteiger partial charge is 0.465 e. The minimum absolute atomic E-state index is 0.344. The maximum Gasteiger partial charge on any atom is 0.337 e. The smallest absolute Gasteiger partial charge is 0.337 e. The summed E-state index contributed by atoms with van der Waals surface area (Å²) in [6.45, 7) is 1.20. The van der Waals surface area contributed by atoms with Crippen LogP contribution in [0.1, 0.15) is 22.2 Å². The number of hydrogen-bond acceptors (Lipinski definition) is 4. The van der Waals surface area contributed by atoms with Crippen LogP contribution in [0.25, 0.3) is 11.1 Å². The molecule has 0 saturated carbocycles. The van der Waals surface area contributed by atoms with Crippen LogP contribution in [0.3, 0.4) is 0 Å². The lowest BCUT2D eigenvalue weighted by Gasteiger charge is -2.15. The van der Waals surface area contributed by atoms with E-state index in [1.165, 1.54) is 7.11 Å². The van der Waals surface area contributed by atoms with Gasteiger partial charge in [-0.1, -0.05) is 36.4 Å². The number of ether oxygens (including phenoxy) is 3. The third-order valence-electron chi connectivity index (χ3n) is 3.43. The van der Waals surface area contributed by atoms with Crippen LogP contribution in [0.5, 0.6) is 0 Å². The number of carbonyl (C=O) groups excluding carboxylic acids is 1. The van der Waals surface area contributed by atoms with Crippen molar-refractivity contribution in [1.29, 1.82) is 0 Å². The van der Waals surface area contributed by atoms with E-state index in [2.05, 4.69) is 0 Å². The van der Waals surface area contributed by atoms with E-state index in [0.29, 0.717) is 18.8 Å². The molecule has 0 N–H and O–H groups in total. The van der Waals surface area contributed by atoms with Crippen LogP contribution in [0.2, 0.25) is 0 Å². The highest BCUT2D eigenvalue weighted by Crippen LogP contribution is 2.33. The molecule has 108 valence electrons. The number of hydrogen-bond donors (Lipinski definition) is 0. The zero-order chi connectivity index (χ0) is 14.7. The molecule has 3 rings (SSSR count). The maximum atomic E-state index is 11.7. The van der Waals surface area contributed by atoms with Crippen molar-refractivity contribution < 1.29 is 19.0 Å². The van der Waals surface area contributed by atoms with Gasteiger partial charge in [0.05, 0.1) is 25.9 Å². The van der Waals surface area contributed by atoms with Crippen LogP contribution in [-0.2, 0) is 14.2 Å². The number of carbonyl (C=O) groups is 1. The van der Waals surface area contributed by atoms with Crippen LogP contribution < -0.4 is 0 Å². The number of benzene rings is 2. The van der Waals surface area contributed by atoms with Gasteiger partial charge in [-0.2, -0.15) is 0 Å². The molecule has 0 amide bonds. The van der Waals surface area contributed by atoms with Crippen LogP contribution in [0.4, 0.5) is 0 Å². The average Bonchev–Trinajstić information content (AvgIpc) is 3.08. The molecule has 1 aliphatic rings. The lowest BCUT2D eigenvalue weighted by Crippen LogP contribution is -2.03. The minimum atomic E-state index is -0.345. The summed E-state index contributed by atoms with van der Waals surface area (Å²) in [5.41, 5.74) is 3.43. The summed E-state index contributed by atoms with van der Waals surface area (Å²) in [4.78, 5) is 11.7. The molecule has 0 radical (unpaired) electrons. The summed E-state index contributed by atoms with van der Waals surface area (Å²) in [6, 6.07) is 15.2. The number of rotatable bonds is 3. The third-order valence-corrected chi connectivity index (χ3v) is 3.43. The first kappa shape index (κ1) is 13.8. The van der Waals surface area contributed by atoms with Crippen molar-refractivity contribution in [1.82, 2.24) is 0 Å². The fourth-order valence-corrected chi connectivity index (χ4v) is 2.43. The van der Waals surface area contributed by atoms with Crippen molar-refractivity contribution in [2.45, 2.75) is 6.29 Å². The normalized spacial score (nSPS) is 15.1. The van der Waals surface area contributed by atoms with Crippen LogP contribution in [0, 0.1) is 0 Å². The van der Waals surface area contributed by atoms with E-state index < -0.39 is 0 Å². The zero-order valence-corrected chi connectivity index (χ0v) is 11.7. The Bertz CT molecular complexity index is 645. The minimum Gasteiger partial charge on any atom is -0.465 e. The third kappa shape index (κ3) is 2.82. The highest BCUT2D eigenvalue weighted by molar-refractivity contribution is 5.91. The molecule has 0 bridgehead atoms. The Labute approximate surface area is 123 Å². The molecule has 0 spiro atoms.